The molecule has 2 aromatic rings. The number of aryl methyl sites for hydroxylation is 1. The van der Waals surface area contributed by atoms with Gasteiger partial charge in [0, 0.05) is 63.8 Å². The van der Waals surface area contributed by atoms with Gasteiger partial charge in [-0.1, -0.05) is 24.6 Å². The zero-order valence-corrected chi connectivity index (χ0v) is 31.2. The van der Waals surface area contributed by atoms with Gasteiger partial charge in [-0.05, 0) is 124 Å². The van der Waals surface area contributed by atoms with Crippen molar-refractivity contribution in [2.75, 3.05) is 44.6 Å². The predicted octanol–water partition coefficient (Wildman–Crippen LogP) is 6.11. The molecule has 6 rings (SSSR count). The van der Waals surface area contributed by atoms with Crippen molar-refractivity contribution in [2.24, 2.45) is 11.8 Å². The SMILES string of the molecule is O=C1CC(CCC2CCN(C(=O)O[C@H](Cc3cc(Br)c(O)c(Br)c3)C(=O)N3CCC(N4CCC(O)C4)CC3)CC2)CCc2ccccc2N1. The van der Waals surface area contributed by atoms with Gasteiger partial charge in [-0.2, -0.15) is 0 Å². The molecule has 0 aromatic heterocycles. The molecule has 0 aliphatic carbocycles. The summed E-state index contributed by atoms with van der Waals surface area (Å²) in [7, 11) is 0. The van der Waals surface area contributed by atoms with Crippen LogP contribution in [0.1, 0.15) is 68.9 Å². The van der Waals surface area contributed by atoms with Crippen molar-refractivity contribution in [3.63, 3.8) is 0 Å². The maximum Gasteiger partial charge on any atom is 0.410 e. The van der Waals surface area contributed by atoms with Gasteiger partial charge in [0.25, 0.3) is 5.91 Å². The number of phenolic OH excluding ortho intramolecular Hbond substituents is 1. The summed E-state index contributed by atoms with van der Waals surface area (Å²) in [5.74, 6) is 0.779. The normalized spacial score (nSPS) is 23.4. The van der Waals surface area contributed by atoms with Gasteiger partial charge in [0.2, 0.25) is 5.91 Å². The molecule has 3 saturated heterocycles. The second-order valence-electron chi connectivity index (χ2n) is 14.3. The Morgan fingerprint density at radius 2 is 1.57 bits per heavy atom. The second-order valence-corrected chi connectivity index (χ2v) is 16.0. The number of benzene rings is 2. The average Bonchev–Trinajstić information content (AvgIpc) is 3.53. The Kier molecular flexibility index (Phi) is 12.2. The second kappa shape index (κ2) is 16.6. The number of nitrogens with zero attached hydrogens (tertiary/aromatic N) is 3. The zero-order valence-electron chi connectivity index (χ0n) is 28.0. The minimum absolute atomic E-state index is 0.0729. The number of amides is 3. The molecule has 4 heterocycles. The fourth-order valence-electron chi connectivity index (χ4n) is 7.99. The molecule has 2 unspecified atom stereocenters. The Labute approximate surface area is 305 Å². The maximum atomic E-state index is 13.9. The number of aromatic hydroxyl groups is 1. The molecule has 49 heavy (non-hydrogen) atoms. The largest absolute Gasteiger partial charge is 0.506 e. The fraction of sp³-hybridized carbons (Fsp3) is 0.595. The summed E-state index contributed by atoms with van der Waals surface area (Å²) in [6.45, 7) is 3.88. The number of rotatable bonds is 8. The molecule has 4 aliphatic rings. The van der Waals surface area contributed by atoms with Crippen molar-refractivity contribution >= 4 is 55.5 Å². The van der Waals surface area contributed by atoms with Gasteiger partial charge in [0.15, 0.2) is 6.10 Å². The maximum absolute atomic E-state index is 13.9. The van der Waals surface area contributed by atoms with Gasteiger partial charge in [-0.3, -0.25) is 14.5 Å². The highest BCUT2D eigenvalue weighted by atomic mass is 79.9. The van der Waals surface area contributed by atoms with E-state index in [4.69, 9.17) is 4.74 Å². The van der Waals surface area contributed by atoms with E-state index in [1.807, 2.05) is 23.1 Å². The summed E-state index contributed by atoms with van der Waals surface area (Å²) >= 11 is 6.77. The number of anilines is 1. The molecule has 3 N–H and O–H groups in total. The number of aliphatic hydroxyl groups excluding tert-OH is 1. The summed E-state index contributed by atoms with van der Waals surface area (Å²) in [6.07, 6.45) is 7.15. The van der Waals surface area contributed by atoms with E-state index in [0.29, 0.717) is 66.0 Å². The third kappa shape index (κ3) is 9.36. The summed E-state index contributed by atoms with van der Waals surface area (Å²) in [6, 6.07) is 11.9. The fourth-order valence-corrected chi connectivity index (χ4v) is 9.27. The minimum Gasteiger partial charge on any atom is -0.506 e. The lowest BCUT2D eigenvalue weighted by Crippen LogP contribution is -2.51. The van der Waals surface area contributed by atoms with Gasteiger partial charge >= 0.3 is 6.09 Å². The van der Waals surface area contributed by atoms with Gasteiger partial charge in [0.1, 0.15) is 5.75 Å². The lowest BCUT2D eigenvalue weighted by Gasteiger charge is -2.38. The van der Waals surface area contributed by atoms with Gasteiger partial charge in [-0.25, -0.2) is 4.79 Å². The van der Waals surface area contributed by atoms with Gasteiger partial charge in [-0.15, -0.1) is 0 Å². The number of likely N-dealkylation sites (tertiary alicyclic amines) is 3. The molecule has 0 radical (unpaired) electrons. The summed E-state index contributed by atoms with van der Waals surface area (Å²) in [5.41, 5.74) is 2.89. The van der Waals surface area contributed by atoms with E-state index in [2.05, 4.69) is 48.1 Å². The Balaban J connectivity index is 1.02. The highest BCUT2D eigenvalue weighted by Crippen LogP contribution is 2.35. The van der Waals surface area contributed by atoms with Crippen LogP contribution in [0.15, 0.2) is 45.3 Å². The number of halogens is 2. The lowest BCUT2D eigenvalue weighted by molar-refractivity contribution is -0.142. The number of piperidine rings is 2. The van der Waals surface area contributed by atoms with Crippen molar-refractivity contribution in [3.8, 4) is 5.75 Å². The molecule has 3 atom stereocenters. The quantitative estimate of drug-likeness (QED) is 0.295. The summed E-state index contributed by atoms with van der Waals surface area (Å²) in [5, 5.41) is 23.3. The van der Waals surface area contributed by atoms with Crippen LogP contribution in [0.5, 0.6) is 5.75 Å². The Morgan fingerprint density at radius 1 is 0.898 bits per heavy atom. The number of ether oxygens (including phenoxy) is 1. The number of para-hydroxylation sites is 1. The van der Waals surface area contributed by atoms with E-state index < -0.39 is 12.2 Å². The van der Waals surface area contributed by atoms with E-state index in [0.717, 1.165) is 75.6 Å². The summed E-state index contributed by atoms with van der Waals surface area (Å²) in [4.78, 5) is 46.0. The molecule has 0 bridgehead atoms. The number of hydrogen-bond acceptors (Lipinski definition) is 7. The number of carbonyl (C=O) groups is 3. The monoisotopic (exact) mass is 802 g/mol. The first-order valence-electron chi connectivity index (χ1n) is 17.8. The van der Waals surface area contributed by atoms with Crippen LogP contribution in [-0.2, 0) is 27.2 Å². The zero-order chi connectivity index (χ0) is 34.5. The molecule has 0 spiro atoms. The van der Waals surface area contributed by atoms with E-state index in [1.54, 1.807) is 17.0 Å². The average molecular weight is 805 g/mol. The van der Waals surface area contributed by atoms with Crippen molar-refractivity contribution in [1.82, 2.24) is 14.7 Å². The number of phenols is 1. The number of fused-ring (bicyclic) bond motifs is 1. The van der Waals surface area contributed by atoms with Gasteiger partial charge < -0.3 is 30.1 Å². The van der Waals surface area contributed by atoms with Crippen molar-refractivity contribution < 1.29 is 29.3 Å². The van der Waals surface area contributed by atoms with Crippen LogP contribution in [-0.4, -0.2) is 100 Å². The van der Waals surface area contributed by atoms with E-state index >= 15 is 0 Å². The molecule has 12 heteroatoms. The molecular formula is C37H48Br2N4O6. The Bertz CT molecular complexity index is 1470. The molecule has 4 aliphatic heterocycles. The Hall–Kier alpha value is -2.67. The molecule has 2 aromatic carbocycles. The van der Waals surface area contributed by atoms with Crippen molar-refractivity contribution in [1.29, 1.82) is 0 Å². The van der Waals surface area contributed by atoms with Crippen LogP contribution in [0.3, 0.4) is 0 Å². The van der Waals surface area contributed by atoms with Crippen LogP contribution < -0.4 is 5.32 Å². The third-order valence-corrected chi connectivity index (χ3v) is 12.2. The topological polar surface area (TPSA) is 123 Å². The van der Waals surface area contributed by atoms with E-state index in [9.17, 15) is 24.6 Å². The lowest BCUT2D eigenvalue weighted by atomic mass is 9.84. The number of aliphatic hydroxyl groups is 1. The molecule has 0 saturated carbocycles. The Morgan fingerprint density at radius 3 is 2.27 bits per heavy atom. The first-order chi connectivity index (χ1) is 23.6. The standard InChI is InChI=1S/C37H48Br2N4O6/c38-30-19-26(20-31(39)35(30)46)21-33(36(47)41-16-11-28(12-17-41)43-18-13-29(44)23-43)49-37(48)42-14-9-24(10-15-42)5-6-25-7-8-27-3-1-2-4-32(27)40-34(45)22-25/h1-4,19-20,24-25,28-29,33,44,46H,5-18,21-23H2,(H,40,45)/t25?,29?,33-/m1/s1. The number of nitrogens with one attached hydrogen (secondary N) is 1. The molecule has 3 amide bonds. The highest BCUT2D eigenvalue weighted by Gasteiger charge is 2.36. The number of β-amino-alcohol motifs (C(OH)–C–C–N with tert-alkyl or cyclic N) is 1. The smallest absolute Gasteiger partial charge is 0.410 e. The van der Waals surface area contributed by atoms with Crippen molar-refractivity contribution in [3.05, 3.63) is 56.5 Å². The number of carbonyl (C=O) groups excluding carboxylic acids is 3. The molecule has 3 fully saturated rings. The van der Waals surface area contributed by atoms with E-state index in [1.165, 1.54) is 5.56 Å². The van der Waals surface area contributed by atoms with Gasteiger partial charge in [0.05, 0.1) is 15.0 Å². The van der Waals surface area contributed by atoms with Crippen LogP contribution >= 0.6 is 31.9 Å². The van der Waals surface area contributed by atoms with E-state index in [-0.39, 0.29) is 30.1 Å². The first kappa shape index (κ1) is 36.1. The summed E-state index contributed by atoms with van der Waals surface area (Å²) < 4.78 is 7.02. The van der Waals surface area contributed by atoms with Crippen LogP contribution in [0.25, 0.3) is 0 Å². The molecular weight excluding hydrogens is 756 g/mol. The number of hydrogen-bond donors (Lipinski definition) is 3. The van der Waals surface area contributed by atoms with Crippen LogP contribution in [0, 0.1) is 11.8 Å². The third-order valence-electron chi connectivity index (χ3n) is 10.9. The first-order valence-corrected chi connectivity index (χ1v) is 19.4. The molecule has 266 valence electrons. The molecule has 10 nitrogen and oxygen atoms in total. The predicted molar refractivity (Wildman–Crippen MR) is 194 cm³/mol. The highest BCUT2D eigenvalue weighted by molar-refractivity contribution is 9.11. The minimum atomic E-state index is -0.991. The van der Waals surface area contributed by atoms with Crippen LogP contribution in [0.4, 0.5) is 10.5 Å². The van der Waals surface area contributed by atoms with Crippen molar-refractivity contribution in [2.45, 2.75) is 88.9 Å². The van der Waals surface area contributed by atoms with Crippen LogP contribution in [0.2, 0.25) is 0 Å².